The predicted molar refractivity (Wildman–Crippen MR) is 21.2 cm³/mol. The molecule has 0 N–H and O–H groups in total. The smallest absolute Gasteiger partial charge is 0.456 e. The summed E-state index contributed by atoms with van der Waals surface area (Å²) < 4.78 is 42.8. The fourth-order valence-electron chi connectivity index (χ4n) is 0.352. The predicted octanol–water partition coefficient (Wildman–Crippen LogP) is 1.39. The summed E-state index contributed by atoms with van der Waals surface area (Å²) >= 11 is 0. The van der Waals surface area contributed by atoms with Crippen LogP contribution in [0.3, 0.4) is 0 Å². The fourth-order valence-corrected chi connectivity index (χ4v) is 0.352. The molecule has 1 unspecified atom stereocenters. The molecule has 5 heteroatoms. The Labute approximate surface area is 48.9 Å². The molecule has 1 atom stereocenters. The summed E-state index contributed by atoms with van der Waals surface area (Å²) in [6.07, 6.45) is -5.21. The molecule has 9 heavy (non-hydrogen) atoms. The van der Waals surface area contributed by atoms with Crippen LogP contribution in [0.2, 0.25) is 0 Å². The van der Waals surface area contributed by atoms with Gasteiger partial charge in [-0.1, -0.05) is 0 Å². The van der Waals surface area contributed by atoms with Crippen LogP contribution >= 0.6 is 0 Å². The van der Waals surface area contributed by atoms with Crippen LogP contribution < -0.4 is 0 Å². The van der Waals surface area contributed by atoms with E-state index in [4.69, 9.17) is 0 Å². The first-order chi connectivity index (χ1) is 4.13. The number of halogens is 3. The molecule has 1 aliphatic heterocycles. The van der Waals surface area contributed by atoms with Crippen molar-refractivity contribution in [3.05, 3.63) is 12.5 Å². The Hall–Kier alpha value is -0.870. The number of hydrogen-bond donors (Lipinski definition) is 0. The fraction of sp³-hybridized carbons (Fsp3) is 0.500. The third-order valence-corrected chi connectivity index (χ3v) is 0.743. The normalized spacial score (nSPS) is 30.8. The molecule has 0 saturated carbocycles. The first-order valence-corrected chi connectivity index (χ1v) is 2.13. The van der Waals surface area contributed by atoms with Gasteiger partial charge < -0.3 is 9.47 Å². The van der Waals surface area contributed by atoms with Gasteiger partial charge in [0.1, 0.15) is 12.5 Å². The Morgan fingerprint density at radius 1 is 1.33 bits per heavy atom. The van der Waals surface area contributed by atoms with Crippen molar-refractivity contribution < 1.29 is 22.6 Å². The highest BCUT2D eigenvalue weighted by molar-refractivity contribution is 4.74. The Bertz CT molecular complexity index is 134. The van der Waals surface area contributed by atoms with E-state index in [0.29, 0.717) is 6.26 Å². The number of ether oxygens (including phenoxy) is 2. The van der Waals surface area contributed by atoms with E-state index in [1.807, 2.05) is 0 Å². The van der Waals surface area contributed by atoms with Gasteiger partial charge in [0.15, 0.2) is 0 Å². The highest BCUT2D eigenvalue weighted by Crippen LogP contribution is 2.27. The zero-order valence-corrected chi connectivity index (χ0v) is 4.18. The Balaban J connectivity index is 2.64. The molecule has 0 aromatic heterocycles. The van der Waals surface area contributed by atoms with Crippen LogP contribution in [0.15, 0.2) is 12.5 Å². The highest BCUT2D eigenvalue weighted by atomic mass is 19.3. The first kappa shape index (κ1) is 6.25. The summed E-state index contributed by atoms with van der Waals surface area (Å²) in [4.78, 5) is 0. The Morgan fingerprint density at radius 2 is 2.00 bits per heavy atom. The van der Waals surface area contributed by atoms with Crippen molar-refractivity contribution in [1.82, 2.24) is 0 Å². The van der Waals surface area contributed by atoms with Crippen molar-refractivity contribution in [1.29, 1.82) is 0 Å². The lowest BCUT2D eigenvalue weighted by Crippen LogP contribution is -2.34. The van der Waals surface area contributed by atoms with Crippen LogP contribution in [0.4, 0.5) is 13.2 Å². The summed E-state index contributed by atoms with van der Waals surface area (Å²) in [6.45, 7) is 0. The number of hydrogen-bond acceptors (Lipinski definition) is 2. The maximum atomic E-state index is 11.8. The van der Waals surface area contributed by atoms with Crippen molar-refractivity contribution in [3.8, 4) is 0 Å². The lowest BCUT2D eigenvalue weighted by atomic mass is 10.6. The van der Waals surface area contributed by atoms with Crippen LogP contribution in [0, 0.1) is 0 Å². The average Bonchev–Trinajstić information content (AvgIpc) is 1.77. The summed E-state index contributed by atoms with van der Waals surface area (Å²) in [6, 6.07) is 0. The Kier molecular flexibility index (Phi) is 1.27. The van der Waals surface area contributed by atoms with Crippen molar-refractivity contribution in [2.75, 3.05) is 0 Å². The van der Waals surface area contributed by atoms with Crippen LogP contribution in [0.5, 0.6) is 0 Å². The second-order valence-corrected chi connectivity index (χ2v) is 1.40. The monoisotopic (exact) mass is 140 g/mol. The van der Waals surface area contributed by atoms with Gasteiger partial charge in [-0.15, -0.1) is 0 Å². The van der Waals surface area contributed by atoms with Crippen molar-refractivity contribution in [2.45, 2.75) is 12.5 Å². The van der Waals surface area contributed by atoms with Gasteiger partial charge in [0.05, 0.1) is 0 Å². The van der Waals surface area contributed by atoms with E-state index >= 15 is 0 Å². The molecule has 0 amide bonds. The van der Waals surface area contributed by atoms with Gasteiger partial charge >= 0.3 is 12.5 Å². The maximum absolute atomic E-state index is 11.8. The molecule has 52 valence electrons. The number of rotatable bonds is 0. The largest absolute Gasteiger partial charge is 0.467 e. The quantitative estimate of drug-likeness (QED) is 0.506. The molecular formula is C4H3F3O2. The van der Waals surface area contributed by atoms with Gasteiger partial charge in [-0.25, -0.2) is 0 Å². The van der Waals surface area contributed by atoms with Crippen LogP contribution in [-0.2, 0) is 9.47 Å². The van der Waals surface area contributed by atoms with Crippen molar-refractivity contribution in [2.24, 2.45) is 0 Å². The van der Waals surface area contributed by atoms with E-state index in [0.717, 1.165) is 6.26 Å². The zero-order valence-electron chi connectivity index (χ0n) is 4.18. The standard InChI is InChI=1S/C4H3F3O2/c5-3-4(6,7)9-2-1-8-3/h1-3H. The van der Waals surface area contributed by atoms with Gasteiger partial charge in [0.25, 0.3) is 0 Å². The van der Waals surface area contributed by atoms with Crippen molar-refractivity contribution >= 4 is 0 Å². The lowest BCUT2D eigenvalue weighted by Gasteiger charge is -2.21. The van der Waals surface area contributed by atoms with Crippen LogP contribution in [0.1, 0.15) is 0 Å². The van der Waals surface area contributed by atoms with Gasteiger partial charge in [-0.2, -0.15) is 13.2 Å². The van der Waals surface area contributed by atoms with E-state index in [-0.39, 0.29) is 0 Å². The topological polar surface area (TPSA) is 18.5 Å². The van der Waals surface area contributed by atoms with Crippen molar-refractivity contribution in [3.63, 3.8) is 0 Å². The second kappa shape index (κ2) is 1.82. The minimum absolute atomic E-state index is 0.593. The van der Waals surface area contributed by atoms with Crippen LogP contribution in [-0.4, -0.2) is 12.5 Å². The van der Waals surface area contributed by atoms with E-state index in [1.165, 1.54) is 0 Å². The SMILES string of the molecule is FC1OC=COC1(F)F. The van der Waals surface area contributed by atoms with Gasteiger partial charge in [-0.3, -0.25) is 0 Å². The molecule has 0 spiro atoms. The third kappa shape index (κ3) is 1.09. The van der Waals surface area contributed by atoms with Gasteiger partial charge in [0, 0.05) is 0 Å². The molecule has 0 aromatic carbocycles. The molecule has 1 heterocycles. The maximum Gasteiger partial charge on any atom is 0.467 e. The molecule has 2 nitrogen and oxygen atoms in total. The molecular weight excluding hydrogens is 137 g/mol. The molecule has 0 bridgehead atoms. The second-order valence-electron chi connectivity index (χ2n) is 1.40. The summed E-state index contributed by atoms with van der Waals surface area (Å²) in [5, 5.41) is 0. The van der Waals surface area contributed by atoms with E-state index in [2.05, 4.69) is 9.47 Å². The molecule has 0 radical (unpaired) electrons. The lowest BCUT2D eigenvalue weighted by molar-refractivity contribution is -0.311. The highest BCUT2D eigenvalue weighted by Gasteiger charge is 2.45. The van der Waals surface area contributed by atoms with E-state index in [1.54, 1.807) is 0 Å². The minimum atomic E-state index is -3.84. The molecule has 0 fully saturated rings. The summed E-state index contributed by atoms with van der Waals surface area (Å²) in [5.41, 5.74) is 0. The molecule has 1 aliphatic rings. The van der Waals surface area contributed by atoms with Crippen LogP contribution in [0.25, 0.3) is 0 Å². The van der Waals surface area contributed by atoms with E-state index < -0.39 is 12.5 Å². The average molecular weight is 140 g/mol. The Morgan fingerprint density at radius 3 is 2.33 bits per heavy atom. The molecule has 0 aromatic rings. The molecule has 0 aliphatic carbocycles. The molecule has 0 saturated heterocycles. The third-order valence-electron chi connectivity index (χ3n) is 0.743. The minimum Gasteiger partial charge on any atom is -0.456 e. The first-order valence-electron chi connectivity index (χ1n) is 2.13. The molecule has 1 rings (SSSR count). The summed E-state index contributed by atoms with van der Waals surface area (Å²) in [7, 11) is 0. The zero-order chi connectivity index (χ0) is 6.91. The van der Waals surface area contributed by atoms with Gasteiger partial charge in [-0.05, 0) is 0 Å². The summed E-state index contributed by atoms with van der Waals surface area (Å²) in [5.74, 6) is 0. The van der Waals surface area contributed by atoms with Gasteiger partial charge in [0.2, 0.25) is 0 Å². The van der Waals surface area contributed by atoms with E-state index in [9.17, 15) is 13.2 Å². The number of alkyl halides is 3.